The van der Waals surface area contributed by atoms with E-state index in [1.165, 1.54) is 19.2 Å². The number of oxazole rings is 1. The maximum absolute atomic E-state index is 14.3. The van der Waals surface area contributed by atoms with Gasteiger partial charge in [-0.3, -0.25) is 4.79 Å². The number of hydrogen-bond donors (Lipinski definition) is 2. The van der Waals surface area contributed by atoms with Crippen molar-refractivity contribution < 1.29 is 23.4 Å². The van der Waals surface area contributed by atoms with Gasteiger partial charge < -0.3 is 19.6 Å². The molecule has 0 amide bonds. The van der Waals surface area contributed by atoms with Crippen molar-refractivity contribution in [3.05, 3.63) is 47.8 Å². The number of ether oxygens (including phenoxy) is 1. The Morgan fingerprint density at radius 1 is 1.35 bits per heavy atom. The van der Waals surface area contributed by atoms with Gasteiger partial charge in [0.05, 0.1) is 19.2 Å². The Labute approximate surface area is 130 Å². The molecule has 6 nitrogen and oxygen atoms in total. The van der Waals surface area contributed by atoms with Gasteiger partial charge in [-0.1, -0.05) is 18.2 Å². The normalized spacial score (nSPS) is 10.7. The van der Waals surface area contributed by atoms with Crippen LogP contribution in [0.5, 0.6) is 5.75 Å². The zero-order valence-corrected chi connectivity index (χ0v) is 12.2. The predicted octanol–water partition coefficient (Wildman–Crippen LogP) is 3.35. The molecule has 7 heteroatoms. The minimum absolute atomic E-state index is 0.0463. The first kappa shape index (κ1) is 14.8. The highest BCUT2D eigenvalue weighted by Gasteiger charge is 2.16. The molecule has 0 fully saturated rings. The summed E-state index contributed by atoms with van der Waals surface area (Å²) in [6.45, 7) is 0. The van der Waals surface area contributed by atoms with E-state index in [9.17, 15) is 9.18 Å². The molecule has 3 aromatic rings. The lowest BCUT2D eigenvalue weighted by Crippen LogP contribution is -2.02. The molecule has 3 rings (SSSR count). The molecule has 0 aliphatic rings. The van der Waals surface area contributed by atoms with Crippen LogP contribution in [0.4, 0.5) is 16.1 Å². The first-order valence-electron chi connectivity index (χ1n) is 6.78. The topological polar surface area (TPSA) is 84.6 Å². The maximum Gasteiger partial charge on any atom is 0.307 e. The molecule has 0 radical (unpaired) electrons. The molecule has 0 aliphatic carbocycles. The van der Waals surface area contributed by atoms with Crippen LogP contribution in [0.25, 0.3) is 11.1 Å². The third-order valence-electron chi connectivity index (χ3n) is 3.27. The van der Waals surface area contributed by atoms with E-state index in [2.05, 4.69) is 10.3 Å². The van der Waals surface area contributed by atoms with E-state index >= 15 is 0 Å². The number of carboxylic acid groups (broad SMARTS) is 1. The summed E-state index contributed by atoms with van der Waals surface area (Å²) in [5.74, 6) is -1.25. The van der Waals surface area contributed by atoms with Crippen LogP contribution in [0, 0.1) is 5.82 Å². The van der Waals surface area contributed by atoms with E-state index in [4.69, 9.17) is 14.3 Å². The Kier molecular flexibility index (Phi) is 3.84. The van der Waals surface area contributed by atoms with Crippen LogP contribution in [0.3, 0.4) is 0 Å². The SMILES string of the molecule is COc1ccccc1Nc1nc2ccc(CC(=O)O)c(F)c2o1. The second-order valence-corrected chi connectivity index (χ2v) is 4.80. The van der Waals surface area contributed by atoms with Crippen LogP contribution in [-0.2, 0) is 11.2 Å². The molecule has 1 heterocycles. The second-order valence-electron chi connectivity index (χ2n) is 4.80. The van der Waals surface area contributed by atoms with Crippen LogP contribution in [-0.4, -0.2) is 23.2 Å². The smallest absolute Gasteiger partial charge is 0.307 e. The van der Waals surface area contributed by atoms with Gasteiger partial charge >= 0.3 is 5.97 Å². The van der Waals surface area contributed by atoms with Crippen molar-refractivity contribution in [1.82, 2.24) is 4.98 Å². The minimum Gasteiger partial charge on any atom is -0.495 e. The number of aliphatic carboxylic acids is 1. The zero-order chi connectivity index (χ0) is 16.4. The number of nitrogens with one attached hydrogen (secondary N) is 1. The van der Waals surface area contributed by atoms with Crippen LogP contribution in [0.15, 0.2) is 40.8 Å². The summed E-state index contributed by atoms with van der Waals surface area (Å²) in [6, 6.07) is 10.1. The molecular formula is C16H13FN2O4. The maximum atomic E-state index is 14.3. The number of anilines is 2. The fraction of sp³-hybridized carbons (Fsp3) is 0.125. The summed E-state index contributed by atoms with van der Waals surface area (Å²) >= 11 is 0. The van der Waals surface area contributed by atoms with Crippen LogP contribution in [0.2, 0.25) is 0 Å². The molecule has 0 aliphatic heterocycles. The number of carbonyl (C=O) groups is 1. The lowest BCUT2D eigenvalue weighted by atomic mass is 10.1. The van der Waals surface area contributed by atoms with Crippen LogP contribution < -0.4 is 10.1 Å². The number of carboxylic acids is 1. The number of aromatic nitrogens is 1. The van der Waals surface area contributed by atoms with Crippen molar-refractivity contribution in [2.75, 3.05) is 12.4 Å². The number of methoxy groups -OCH3 is 1. The van der Waals surface area contributed by atoms with E-state index in [0.717, 1.165) is 0 Å². The number of benzene rings is 2. The third-order valence-corrected chi connectivity index (χ3v) is 3.27. The number of rotatable bonds is 5. The van der Waals surface area contributed by atoms with Crippen molar-refractivity contribution in [3.63, 3.8) is 0 Å². The number of fused-ring (bicyclic) bond motifs is 1. The van der Waals surface area contributed by atoms with Gasteiger partial charge in [0.15, 0.2) is 11.4 Å². The monoisotopic (exact) mass is 316 g/mol. The highest BCUT2D eigenvalue weighted by atomic mass is 19.1. The molecule has 0 saturated carbocycles. The van der Waals surface area contributed by atoms with Gasteiger partial charge in [0.1, 0.15) is 11.3 Å². The van der Waals surface area contributed by atoms with Gasteiger partial charge in [0.25, 0.3) is 6.01 Å². The molecular weight excluding hydrogens is 303 g/mol. The van der Waals surface area contributed by atoms with Gasteiger partial charge in [0, 0.05) is 5.56 Å². The van der Waals surface area contributed by atoms with E-state index in [1.54, 1.807) is 18.2 Å². The predicted molar refractivity (Wildman–Crippen MR) is 81.6 cm³/mol. The molecule has 2 N–H and O–H groups in total. The summed E-state index contributed by atoms with van der Waals surface area (Å²) in [7, 11) is 1.53. The molecule has 118 valence electrons. The standard InChI is InChI=1S/C16H13FN2O4/c1-22-12-5-3-2-4-10(12)18-16-19-11-7-6-9(8-13(20)21)14(17)15(11)23-16/h2-7H,8H2,1H3,(H,18,19)(H,20,21). The fourth-order valence-corrected chi connectivity index (χ4v) is 2.22. The molecule has 0 unspecified atom stereocenters. The Bertz CT molecular complexity index is 876. The van der Waals surface area contributed by atoms with E-state index < -0.39 is 18.2 Å². The van der Waals surface area contributed by atoms with E-state index in [-0.39, 0.29) is 17.2 Å². The van der Waals surface area contributed by atoms with Gasteiger partial charge in [-0.15, -0.1) is 0 Å². The first-order valence-corrected chi connectivity index (χ1v) is 6.78. The number of hydrogen-bond acceptors (Lipinski definition) is 5. The number of nitrogens with zero attached hydrogens (tertiary/aromatic N) is 1. The largest absolute Gasteiger partial charge is 0.495 e. The van der Waals surface area contributed by atoms with Gasteiger partial charge in [0.2, 0.25) is 0 Å². The van der Waals surface area contributed by atoms with Crippen molar-refractivity contribution in [3.8, 4) is 5.75 Å². The molecule has 2 aromatic carbocycles. The Hall–Kier alpha value is -3.09. The molecule has 0 saturated heterocycles. The molecule has 23 heavy (non-hydrogen) atoms. The highest BCUT2D eigenvalue weighted by Crippen LogP contribution is 2.30. The van der Waals surface area contributed by atoms with Crippen LogP contribution >= 0.6 is 0 Å². The van der Waals surface area contributed by atoms with E-state index in [1.807, 2.05) is 6.07 Å². The molecule has 0 spiro atoms. The van der Waals surface area contributed by atoms with E-state index in [0.29, 0.717) is 17.0 Å². The Balaban J connectivity index is 1.97. The summed E-state index contributed by atoms with van der Waals surface area (Å²) in [4.78, 5) is 14.9. The lowest BCUT2D eigenvalue weighted by molar-refractivity contribution is -0.136. The summed E-state index contributed by atoms with van der Waals surface area (Å²) < 4.78 is 24.9. The summed E-state index contributed by atoms with van der Waals surface area (Å²) in [6.07, 6.45) is -0.419. The summed E-state index contributed by atoms with van der Waals surface area (Å²) in [5, 5.41) is 11.7. The first-order chi connectivity index (χ1) is 11.1. The Morgan fingerprint density at radius 2 is 2.13 bits per heavy atom. The highest BCUT2D eigenvalue weighted by molar-refractivity contribution is 5.79. The molecule has 0 atom stereocenters. The molecule has 1 aromatic heterocycles. The number of para-hydroxylation sites is 2. The van der Waals surface area contributed by atoms with Crippen molar-refractivity contribution in [2.24, 2.45) is 0 Å². The molecule has 0 bridgehead atoms. The number of halogens is 1. The zero-order valence-electron chi connectivity index (χ0n) is 12.2. The second kappa shape index (κ2) is 5.96. The van der Waals surface area contributed by atoms with Gasteiger partial charge in [-0.05, 0) is 18.2 Å². The van der Waals surface area contributed by atoms with Crippen molar-refractivity contribution >= 4 is 28.8 Å². The van der Waals surface area contributed by atoms with Crippen LogP contribution in [0.1, 0.15) is 5.56 Å². The van der Waals surface area contributed by atoms with Gasteiger partial charge in [-0.25, -0.2) is 4.39 Å². The minimum atomic E-state index is -1.12. The average molecular weight is 316 g/mol. The lowest BCUT2D eigenvalue weighted by Gasteiger charge is -2.07. The Morgan fingerprint density at radius 3 is 2.87 bits per heavy atom. The summed E-state index contributed by atoms with van der Waals surface area (Å²) in [5.41, 5.74) is 0.882. The van der Waals surface area contributed by atoms with Gasteiger partial charge in [-0.2, -0.15) is 4.98 Å². The average Bonchev–Trinajstić information content (AvgIpc) is 2.94. The van der Waals surface area contributed by atoms with Crippen molar-refractivity contribution in [1.29, 1.82) is 0 Å². The fourth-order valence-electron chi connectivity index (χ4n) is 2.22. The quantitative estimate of drug-likeness (QED) is 0.751. The third kappa shape index (κ3) is 2.94. The van der Waals surface area contributed by atoms with Crippen molar-refractivity contribution in [2.45, 2.75) is 6.42 Å².